The molecule has 0 aromatic carbocycles. The summed E-state index contributed by atoms with van der Waals surface area (Å²) in [6.45, 7) is 7.40. The first-order chi connectivity index (χ1) is 8.54. The van der Waals surface area contributed by atoms with Gasteiger partial charge in [0.1, 0.15) is 5.54 Å². The molecule has 0 aromatic heterocycles. The third-order valence-electron chi connectivity index (χ3n) is 3.55. The van der Waals surface area contributed by atoms with Gasteiger partial charge in [0.2, 0.25) is 0 Å². The molecule has 2 atom stereocenters. The minimum atomic E-state index is -0.542. The van der Waals surface area contributed by atoms with Crippen molar-refractivity contribution in [3.05, 3.63) is 0 Å². The maximum Gasteiger partial charge on any atom is 0.326 e. The summed E-state index contributed by atoms with van der Waals surface area (Å²) in [7, 11) is 1.72. The van der Waals surface area contributed by atoms with Gasteiger partial charge < -0.3 is 14.8 Å². The van der Waals surface area contributed by atoms with Crippen LogP contribution in [-0.2, 0) is 14.3 Å². The van der Waals surface area contributed by atoms with Crippen LogP contribution in [0.15, 0.2) is 0 Å². The van der Waals surface area contributed by atoms with Crippen LogP contribution in [0.3, 0.4) is 0 Å². The number of ether oxygens (including phenoxy) is 2. The number of hydrogen-bond donors (Lipinski definition) is 1. The Hall–Kier alpha value is -0.610. The second-order valence-electron chi connectivity index (χ2n) is 5.53. The third-order valence-corrected chi connectivity index (χ3v) is 3.55. The van der Waals surface area contributed by atoms with Crippen LogP contribution in [0.2, 0.25) is 0 Å². The fraction of sp³-hybridized carbons (Fsp3) is 0.929. The van der Waals surface area contributed by atoms with Crippen molar-refractivity contribution >= 4 is 5.97 Å². The van der Waals surface area contributed by atoms with E-state index < -0.39 is 5.54 Å². The van der Waals surface area contributed by atoms with Crippen molar-refractivity contribution in [2.75, 3.05) is 20.3 Å². The molecule has 1 fully saturated rings. The van der Waals surface area contributed by atoms with E-state index in [9.17, 15) is 4.79 Å². The standard InChI is InChI=1S/C14H27NO3/c1-5-18-13(16)14(15-10-11(2)3)8-6-7-12(9-14)17-4/h11-12,15H,5-10H2,1-4H3. The molecular formula is C14H27NO3. The van der Waals surface area contributed by atoms with Crippen molar-refractivity contribution in [1.29, 1.82) is 0 Å². The van der Waals surface area contributed by atoms with E-state index >= 15 is 0 Å². The van der Waals surface area contributed by atoms with Crippen LogP contribution in [0.5, 0.6) is 0 Å². The predicted molar refractivity (Wildman–Crippen MR) is 71.5 cm³/mol. The van der Waals surface area contributed by atoms with E-state index in [0.717, 1.165) is 32.2 Å². The number of carbonyl (C=O) groups excluding carboxylic acids is 1. The van der Waals surface area contributed by atoms with Crippen LogP contribution in [0.1, 0.15) is 46.5 Å². The molecule has 4 heteroatoms. The lowest BCUT2D eigenvalue weighted by atomic mass is 9.79. The Bertz CT molecular complexity index is 268. The third kappa shape index (κ3) is 3.95. The van der Waals surface area contributed by atoms with E-state index in [1.54, 1.807) is 7.11 Å². The molecule has 18 heavy (non-hydrogen) atoms. The second kappa shape index (κ2) is 7.10. The summed E-state index contributed by atoms with van der Waals surface area (Å²) in [5.74, 6) is 0.395. The van der Waals surface area contributed by atoms with Gasteiger partial charge in [-0.25, -0.2) is 0 Å². The molecule has 0 amide bonds. The Kier molecular flexibility index (Phi) is 6.09. The normalized spacial score (nSPS) is 28.4. The molecule has 0 saturated heterocycles. The van der Waals surface area contributed by atoms with E-state index in [1.165, 1.54) is 0 Å². The summed E-state index contributed by atoms with van der Waals surface area (Å²) in [6, 6.07) is 0. The number of carbonyl (C=O) groups is 1. The van der Waals surface area contributed by atoms with Gasteiger partial charge in [-0.3, -0.25) is 4.79 Å². The number of nitrogens with one attached hydrogen (secondary N) is 1. The molecule has 0 aromatic rings. The van der Waals surface area contributed by atoms with Gasteiger partial charge in [-0.1, -0.05) is 13.8 Å². The Morgan fingerprint density at radius 1 is 1.50 bits per heavy atom. The summed E-state index contributed by atoms with van der Waals surface area (Å²) in [4.78, 5) is 12.3. The van der Waals surface area contributed by atoms with Crippen molar-refractivity contribution in [2.45, 2.75) is 58.1 Å². The monoisotopic (exact) mass is 257 g/mol. The van der Waals surface area contributed by atoms with Crippen LogP contribution in [0.4, 0.5) is 0 Å². The zero-order valence-corrected chi connectivity index (χ0v) is 12.1. The number of methoxy groups -OCH3 is 1. The molecule has 1 aliphatic carbocycles. The van der Waals surface area contributed by atoms with Crippen molar-refractivity contribution in [3.8, 4) is 0 Å². The minimum Gasteiger partial charge on any atom is -0.465 e. The quantitative estimate of drug-likeness (QED) is 0.740. The molecule has 0 radical (unpaired) electrons. The molecule has 4 nitrogen and oxygen atoms in total. The van der Waals surface area contributed by atoms with Gasteiger partial charge in [0.05, 0.1) is 12.7 Å². The van der Waals surface area contributed by atoms with Crippen molar-refractivity contribution in [3.63, 3.8) is 0 Å². The number of esters is 1. The molecule has 0 bridgehead atoms. The molecule has 1 saturated carbocycles. The Balaban J connectivity index is 2.75. The summed E-state index contributed by atoms with van der Waals surface area (Å²) in [6.07, 6.45) is 3.75. The summed E-state index contributed by atoms with van der Waals surface area (Å²) in [5.41, 5.74) is -0.542. The second-order valence-corrected chi connectivity index (χ2v) is 5.53. The number of rotatable bonds is 6. The van der Waals surface area contributed by atoms with E-state index in [-0.39, 0.29) is 12.1 Å². The fourth-order valence-electron chi connectivity index (χ4n) is 2.51. The Morgan fingerprint density at radius 3 is 2.78 bits per heavy atom. The summed E-state index contributed by atoms with van der Waals surface area (Å²) in [5, 5.41) is 3.43. The van der Waals surface area contributed by atoms with Gasteiger partial charge in [-0.2, -0.15) is 0 Å². The molecule has 0 spiro atoms. The lowest BCUT2D eigenvalue weighted by Gasteiger charge is -2.39. The van der Waals surface area contributed by atoms with Crippen molar-refractivity contribution < 1.29 is 14.3 Å². The SMILES string of the molecule is CCOC(=O)C1(NCC(C)C)CCCC(OC)C1. The molecular weight excluding hydrogens is 230 g/mol. The van der Waals surface area contributed by atoms with Gasteiger partial charge >= 0.3 is 5.97 Å². The highest BCUT2D eigenvalue weighted by atomic mass is 16.5. The van der Waals surface area contributed by atoms with Crippen LogP contribution in [-0.4, -0.2) is 37.9 Å². The fourth-order valence-corrected chi connectivity index (χ4v) is 2.51. The zero-order chi connectivity index (χ0) is 13.6. The first kappa shape index (κ1) is 15.4. The molecule has 0 aliphatic heterocycles. The summed E-state index contributed by atoms with van der Waals surface area (Å²) < 4.78 is 10.7. The minimum absolute atomic E-state index is 0.118. The van der Waals surface area contributed by atoms with Gasteiger partial charge in [-0.15, -0.1) is 0 Å². The Morgan fingerprint density at radius 2 is 2.22 bits per heavy atom. The van der Waals surface area contributed by atoms with Crippen LogP contribution < -0.4 is 5.32 Å². The topological polar surface area (TPSA) is 47.6 Å². The van der Waals surface area contributed by atoms with Crippen molar-refractivity contribution in [1.82, 2.24) is 5.32 Å². The van der Waals surface area contributed by atoms with Gasteiger partial charge in [0.25, 0.3) is 0 Å². The lowest BCUT2D eigenvalue weighted by molar-refractivity contribution is -0.155. The van der Waals surface area contributed by atoms with Gasteiger partial charge in [-0.05, 0) is 38.6 Å². The smallest absolute Gasteiger partial charge is 0.326 e. The zero-order valence-electron chi connectivity index (χ0n) is 12.1. The largest absolute Gasteiger partial charge is 0.465 e. The van der Waals surface area contributed by atoms with Crippen LogP contribution in [0.25, 0.3) is 0 Å². The van der Waals surface area contributed by atoms with Crippen LogP contribution in [0, 0.1) is 5.92 Å². The van der Waals surface area contributed by atoms with E-state index in [0.29, 0.717) is 12.5 Å². The molecule has 106 valence electrons. The maximum atomic E-state index is 12.3. The van der Waals surface area contributed by atoms with Gasteiger partial charge in [0, 0.05) is 13.5 Å². The Labute approximate surface area is 110 Å². The highest BCUT2D eigenvalue weighted by Gasteiger charge is 2.43. The average molecular weight is 257 g/mol. The predicted octanol–water partition coefficient (Wildman–Crippen LogP) is 2.12. The molecule has 2 unspecified atom stereocenters. The molecule has 1 aliphatic rings. The first-order valence-corrected chi connectivity index (χ1v) is 6.99. The molecule has 0 heterocycles. The summed E-state index contributed by atoms with van der Waals surface area (Å²) >= 11 is 0. The van der Waals surface area contributed by atoms with Crippen LogP contribution >= 0.6 is 0 Å². The van der Waals surface area contributed by atoms with E-state index in [1.807, 2.05) is 6.92 Å². The van der Waals surface area contributed by atoms with E-state index in [2.05, 4.69) is 19.2 Å². The highest BCUT2D eigenvalue weighted by Crippen LogP contribution is 2.31. The van der Waals surface area contributed by atoms with E-state index in [4.69, 9.17) is 9.47 Å². The lowest BCUT2D eigenvalue weighted by Crippen LogP contribution is -2.57. The van der Waals surface area contributed by atoms with Gasteiger partial charge in [0.15, 0.2) is 0 Å². The first-order valence-electron chi connectivity index (χ1n) is 6.99. The highest BCUT2D eigenvalue weighted by molar-refractivity contribution is 5.81. The van der Waals surface area contributed by atoms with Crippen molar-refractivity contribution in [2.24, 2.45) is 5.92 Å². The maximum absolute atomic E-state index is 12.3. The average Bonchev–Trinajstić information content (AvgIpc) is 2.37. The number of hydrogen-bond acceptors (Lipinski definition) is 4. The molecule has 1 rings (SSSR count). The molecule has 1 N–H and O–H groups in total.